The number of rotatable bonds is 15. The minimum atomic E-state index is -3.54. The van der Waals surface area contributed by atoms with Crippen molar-refractivity contribution in [1.82, 2.24) is 14.9 Å². The van der Waals surface area contributed by atoms with Gasteiger partial charge in [-0.2, -0.15) is 0 Å². The van der Waals surface area contributed by atoms with Gasteiger partial charge in [0.1, 0.15) is 0 Å². The van der Waals surface area contributed by atoms with Gasteiger partial charge in [-0.05, 0) is 62.9 Å². The molecule has 1 amide bonds. The molecule has 1 fully saturated rings. The highest BCUT2D eigenvalue weighted by molar-refractivity contribution is 7.89. The van der Waals surface area contributed by atoms with Crippen LogP contribution in [0.1, 0.15) is 48.4 Å². The molecule has 1 aliphatic heterocycles. The Morgan fingerprint density at radius 2 is 1.74 bits per heavy atom. The average Bonchev–Trinajstić information content (AvgIpc) is 3.39. The minimum Gasteiger partial charge on any atom is -0.493 e. The Hall–Kier alpha value is -2.66. The largest absolute Gasteiger partial charge is 0.493 e. The van der Waals surface area contributed by atoms with Gasteiger partial charge in [-0.3, -0.25) is 4.79 Å². The molecule has 1 heterocycles. The van der Waals surface area contributed by atoms with E-state index in [1.807, 2.05) is 49.1 Å². The van der Waals surface area contributed by atoms with Crippen LogP contribution in [0.2, 0.25) is 0 Å². The third-order valence-electron chi connectivity index (χ3n) is 7.24. The smallest absolute Gasteiger partial charge is 0.254 e. The first kappa shape index (κ1) is 30.9. The van der Waals surface area contributed by atoms with Gasteiger partial charge < -0.3 is 24.4 Å². The molecule has 0 aromatic heterocycles. The first-order valence-electron chi connectivity index (χ1n) is 13.5. The predicted octanol–water partition coefficient (Wildman–Crippen LogP) is 3.48. The Morgan fingerprint density at radius 1 is 1.03 bits per heavy atom. The minimum absolute atomic E-state index is 0.0401. The summed E-state index contributed by atoms with van der Waals surface area (Å²) in [6.45, 7) is 8.95. The third kappa shape index (κ3) is 8.41. The Labute approximate surface area is 233 Å². The second-order valence-electron chi connectivity index (χ2n) is 10.2. The van der Waals surface area contributed by atoms with Crippen LogP contribution >= 0.6 is 0 Å². The molecule has 216 valence electrons. The fraction of sp³-hybridized carbons (Fsp3) is 0.552. The summed E-state index contributed by atoms with van der Waals surface area (Å²) in [6, 6.07) is 14.4. The summed E-state index contributed by atoms with van der Waals surface area (Å²) >= 11 is 0. The molecular weight excluding hydrogens is 518 g/mol. The van der Waals surface area contributed by atoms with E-state index in [0.29, 0.717) is 56.5 Å². The van der Waals surface area contributed by atoms with Crippen molar-refractivity contribution in [2.45, 2.75) is 38.5 Å². The highest BCUT2D eigenvalue weighted by Crippen LogP contribution is 2.30. The van der Waals surface area contributed by atoms with Crippen molar-refractivity contribution in [1.29, 1.82) is 0 Å². The first-order chi connectivity index (χ1) is 18.7. The molecule has 0 radical (unpaired) electrons. The van der Waals surface area contributed by atoms with Crippen LogP contribution in [0.25, 0.3) is 0 Å². The highest BCUT2D eigenvalue weighted by atomic mass is 32.2. The fourth-order valence-electron chi connectivity index (χ4n) is 4.75. The number of ether oxygens (including phenoxy) is 3. The van der Waals surface area contributed by atoms with Crippen molar-refractivity contribution >= 4 is 15.9 Å². The Balaban J connectivity index is 1.67. The van der Waals surface area contributed by atoms with Crippen molar-refractivity contribution in [3.05, 3.63) is 59.7 Å². The maximum atomic E-state index is 13.6. The van der Waals surface area contributed by atoms with E-state index in [0.717, 1.165) is 12.0 Å². The number of methoxy groups -OCH3 is 2. The highest BCUT2D eigenvalue weighted by Gasteiger charge is 2.33. The van der Waals surface area contributed by atoms with Gasteiger partial charge in [-0.15, -0.1) is 0 Å². The van der Waals surface area contributed by atoms with Crippen LogP contribution < -0.4 is 19.5 Å². The van der Waals surface area contributed by atoms with Crippen LogP contribution in [-0.2, 0) is 14.8 Å². The number of nitrogens with zero attached hydrogens (tertiary/aromatic N) is 1. The van der Waals surface area contributed by atoms with Gasteiger partial charge >= 0.3 is 0 Å². The molecule has 3 rings (SSSR count). The second-order valence-corrected chi connectivity index (χ2v) is 12.3. The maximum Gasteiger partial charge on any atom is 0.254 e. The topological polar surface area (TPSA) is 106 Å². The van der Waals surface area contributed by atoms with Crippen LogP contribution in [0, 0.1) is 11.8 Å². The molecule has 39 heavy (non-hydrogen) atoms. The normalized spacial score (nSPS) is 18.2. The number of amides is 1. The zero-order chi connectivity index (χ0) is 28.4. The number of benzene rings is 2. The van der Waals surface area contributed by atoms with Crippen LogP contribution in [0.3, 0.4) is 0 Å². The van der Waals surface area contributed by atoms with Gasteiger partial charge in [0.25, 0.3) is 5.91 Å². The van der Waals surface area contributed by atoms with E-state index in [1.54, 1.807) is 39.3 Å². The van der Waals surface area contributed by atoms with Crippen LogP contribution in [0.15, 0.2) is 48.5 Å². The lowest BCUT2D eigenvalue weighted by atomic mass is 9.95. The third-order valence-corrected chi connectivity index (χ3v) is 9.01. The van der Waals surface area contributed by atoms with Gasteiger partial charge in [0, 0.05) is 51.4 Å². The van der Waals surface area contributed by atoms with Gasteiger partial charge in [0.05, 0.1) is 19.0 Å². The number of hydrogen-bond donors (Lipinski definition) is 2. The van der Waals surface area contributed by atoms with E-state index in [1.165, 1.54) is 0 Å². The lowest BCUT2D eigenvalue weighted by molar-refractivity contribution is 0.0662. The van der Waals surface area contributed by atoms with Crippen LogP contribution in [-0.4, -0.2) is 78.9 Å². The molecular formula is C29H43N3O6S. The van der Waals surface area contributed by atoms with Crippen LogP contribution in [0.5, 0.6) is 11.5 Å². The monoisotopic (exact) mass is 561 g/mol. The van der Waals surface area contributed by atoms with Gasteiger partial charge in [-0.25, -0.2) is 13.1 Å². The summed E-state index contributed by atoms with van der Waals surface area (Å²) < 4.78 is 45.2. The van der Waals surface area contributed by atoms with E-state index in [-0.39, 0.29) is 23.8 Å². The van der Waals surface area contributed by atoms with Crippen molar-refractivity contribution in [2.24, 2.45) is 11.8 Å². The van der Waals surface area contributed by atoms with Crippen molar-refractivity contribution in [3.8, 4) is 11.5 Å². The quantitative estimate of drug-likeness (QED) is 0.321. The van der Waals surface area contributed by atoms with E-state index in [4.69, 9.17) is 14.2 Å². The Kier molecular flexibility index (Phi) is 11.6. The molecule has 1 unspecified atom stereocenters. The second kappa shape index (κ2) is 14.6. The average molecular weight is 562 g/mol. The summed E-state index contributed by atoms with van der Waals surface area (Å²) in [7, 11) is -0.329. The molecule has 2 aromatic rings. The number of sulfonamides is 1. The number of nitrogens with one attached hydrogen (secondary N) is 2. The number of carbonyl (C=O) groups is 1. The van der Waals surface area contributed by atoms with Crippen molar-refractivity contribution in [3.63, 3.8) is 0 Å². The molecule has 9 nitrogen and oxygen atoms in total. The standard InChI is InChI=1S/C29H43N3O6S/c1-21(2)32(29(33)24-12-13-27(37-5)28(16-24)38-15-9-14-36-4)20-26-18-30-17-25(26)19-31-39(34,35)22(3)23-10-7-6-8-11-23/h6-8,10-13,16,21-22,25-26,30-31H,9,14-15,17-20H2,1-5H3/t22?,25-,26-/m0/s1. The fourth-order valence-corrected chi connectivity index (χ4v) is 5.96. The first-order valence-corrected chi connectivity index (χ1v) is 15.1. The summed E-state index contributed by atoms with van der Waals surface area (Å²) in [5.74, 6) is 1.16. The zero-order valence-electron chi connectivity index (χ0n) is 23.7. The molecule has 0 bridgehead atoms. The summed E-state index contributed by atoms with van der Waals surface area (Å²) in [4.78, 5) is 15.5. The molecule has 0 aliphatic carbocycles. The molecule has 0 saturated carbocycles. The molecule has 0 spiro atoms. The van der Waals surface area contributed by atoms with E-state index >= 15 is 0 Å². The molecule has 1 saturated heterocycles. The Bertz CT molecular complexity index is 1160. The lowest BCUT2D eigenvalue weighted by Gasteiger charge is -2.32. The number of carbonyl (C=O) groups excluding carboxylic acids is 1. The lowest BCUT2D eigenvalue weighted by Crippen LogP contribution is -2.43. The van der Waals surface area contributed by atoms with E-state index in [2.05, 4.69) is 10.0 Å². The molecule has 2 N–H and O–H groups in total. The zero-order valence-corrected chi connectivity index (χ0v) is 24.5. The summed E-state index contributed by atoms with van der Waals surface area (Å²) in [5.41, 5.74) is 1.27. The molecule has 10 heteroatoms. The van der Waals surface area contributed by atoms with Crippen LogP contribution in [0.4, 0.5) is 0 Å². The van der Waals surface area contributed by atoms with Crippen molar-refractivity contribution in [2.75, 3.05) is 53.6 Å². The van der Waals surface area contributed by atoms with E-state index < -0.39 is 15.3 Å². The molecule has 3 atom stereocenters. The Morgan fingerprint density at radius 3 is 2.41 bits per heavy atom. The van der Waals surface area contributed by atoms with Crippen molar-refractivity contribution < 1.29 is 27.4 Å². The van der Waals surface area contributed by atoms with Gasteiger partial charge in [0.15, 0.2) is 11.5 Å². The maximum absolute atomic E-state index is 13.6. The summed E-state index contributed by atoms with van der Waals surface area (Å²) in [5, 5.41) is 2.73. The SMILES string of the molecule is COCCCOc1cc(C(=O)N(C[C@@H]2CNC[C@H]2CNS(=O)(=O)C(C)c2ccccc2)C(C)C)ccc1OC. The van der Waals surface area contributed by atoms with E-state index in [9.17, 15) is 13.2 Å². The molecule has 2 aromatic carbocycles. The number of hydrogen-bond acceptors (Lipinski definition) is 7. The molecule has 1 aliphatic rings. The predicted molar refractivity (Wildman–Crippen MR) is 153 cm³/mol. The van der Waals surface area contributed by atoms with Gasteiger partial charge in [0.2, 0.25) is 10.0 Å². The summed E-state index contributed by atoms with van der Waals surface area (Å²) in [6.07, 6.45) is 0.722. The van der Waals surface area contributed by atoms with Gasteiger partial charge in [-0.1, -0.05) is 30.3 Å².